The Labute approximate surface area is 160 Å². The summed E-state index contributed by atoms with van der Waals surface area (Å²) in [7, 11) is 0. The molecule has 2 aliphatic rings. The number of hydrogen-bond acceptors (Lipinski definition) is 5. The monoisotopic (exact) mass is 375 g/mol. The number of rotatable bonds is 8. The van der Waals surface area contributed by atoms with Gasteiger partial charge in [0.1, 0.15) is 11.2 Å². The fourth-order valence-electron chi connectivity index (χ4n) is 3.14. The van der Waals surface area contributed by atoms with Gasteiger partial charge in [-0.2, -0.15) is 0 Å². The zero-order valence-electron chi connectivity index (χ0n) is 16.1. The second-order valence-electron chi connectivity index (χ2n) is 7.44. The molecule has 7 nitrogen and oxygen atoms in total. The smallest absolute Gasteiger partial charge is 0.240 e. The molecular weight excluding hydrogens is 346 g/mol. The number of carbonyl (C=O) groups is 2. The molecule has 0 atom stereocenters. The number of hydrogen-bond donors (Lipinski definition) is 2. The molecule has 1 aromatic rings. The summed E-state index contributed by atoms with van der Waals surface area (Å²) in [6.45, 7) is 8.51. The van der Waals surface area contributed by atoms with Crippen molar-refractivity contribution >= 4 is 17.5 Å². The van der Waals surface area contributed by atoms with Gasteiger partial charge < -0.3 is 20.1 Å². The van der Waals surface area contributed by atoms with E-state index in [0.717, 1.165) is 38.6 Å². The first-order valence-corrected chi connectivity index (χ1v) is 9.66. The lowest BCUT2D eigenvalue weighted by molar-refractivity contribution is -0.134. The van der Waals surface area contributed by atoms with E-state index in [1.807, 2.05) is 26.0 Å². The number of morpholine rings is 1. The van der Waals surface area contributed by atoms with Crippen molar-refractivity contribution < 1.29 is 19.1 Å². The largest absolute Gasteiger partial charge is 0.491 e. The topological polar surface area (TPSA) is 79.9 Å². The van der Waals surface area contributed by atoms with Gasteiger partial charge in [0.2, 0.25) is 11.8 Å². The Morgan fingerprint density at radius 1 is 1.15 bits per heavy atom. The summed E-state index contributed by atoms with van der Waals surface area (Å²) in [6.07, 6.45) is 1.29. The highest BCUT2D eigenvalue weighted by Crippen LogP contribution is 2.46. The van der Waals surface area contributed by atoms with E-state index in [-0.39, 0.29) is 17.9 Å². The molecule has 0 spiro atoms. The van der Waals surface area contributed by atoms with Crippen molar-refractivity contribution in [3.8, 4) is 5.75 Å². The van der Waals surface area contributed by atoms with Crippen LogP contribution in [0.5, 0.6) is 5.75 Å². The summed E-state index contributed by atoms with van der Waals surface area (Å²) < 4.78 is 10.9. The van der Waals surface area contributed by atoms with E-state index in [0.29, 0.717) is 25.1 Å². The lowest BCUT2D eigenvalue weighted by Crippen LogP contribution is -2.45. The first kappa shape index (κ1) is 19.6. The molecule has 1 aliphatic carbocycles. The number of amides is 2. The fraction of sp³-hybridized carbons (Fsp3) is 0.600. The molecule has 2 amide bonds. The normalized spacial score (nSPS) is 18.8. The Hall–Kier alpha value is -2.12. The van der Waals surface area contributed by atoms with Gasteiger partial charge in [-0.05, 0) is 51.0 Å². The molecule has 0 radical (unpaired) electrons. The molecule has 2 fully saturated rings. The molecule has 27 heavy (non-hydrogen) atoms. The highest BCUT2D eigenvalue weighted by molar-refractivity contribution is 6.13. The Balaban J connectivity index is 1.47. The van der Waals surface area contributed by atoms with Gasteiger partial charge >= 0.3 is 0 Å². The van der Waals surface area contributed by atoms with Gasteiger partial charge in [0.15, 0.2) is 0 Å². The van der Waals surface area contributed by atoms with E-state index in [1.54, 1.807) is 12.1 Å². The van der Waals surface area contributed by atoms with Crippen LogP contribution in [0.25, 0.3) is 0 Å². The number of anilines is 1. The quantitative estimate of drug-likeness (QED) is 0.676. The van der Waals surface area contributed by atoms with E-state index in [4.69, 9.17) is 9.47 Å². The SMILES string of the molecule is CC(C)Oc1ccc(NC(=O)C2(C(=O)NCCN3CCOCC3)CC2)cc1. The first-order chi connectivity index (χ1) is 13.0. The summed E-state index contributed by atoms with van der Waals surface area (Å²) in [6, 6.07) is 7.22. The zero-order chi connectivity index (χ0) is 19.3. The summed E-state index contributed by atoms with van der Waals surface area (Å²) >= 11 is 0. The van der Waals surface area contributed by atoms with Crippen molar-refractivity contribution in [2.45, 2.75) is 32.8 Å². The standard InChI is InChI=1S/C20H29N3O4/c1-15(2)27-17-5-3-16(4-6-17)22-19(25)20(7-8-20)18(24)21-9-10-23-11-13-26-14-12-23/h3-6,15H,7-14H2,1-2H3,(H,21,24)(H,22,25). The van der Waals surface area contributed by atoms with Gasteiger partial charge in [0.05, 0.1) is 19.3 Å². The number of nitrogens with one attached hydrogen (secondary N) is 2. The molecule has 3 rings (SSSR count). The van der Waals surface area contributed by atoms with Crippen LogP contribution in [0.1, 0.15) is 26.7 Å². The number of benzene rings is 1. The zero-order valence-corrected chi connectivity index (χ0v) is 16.1. The van der Waals surface area contributed by atoms with Gasteiger partial charge in [0, 0.05) is 31.9 Å². The molecular formula is C20H29N3O4. The van der Waals surface area contributed by atoms with E-state index in [9.17, 15) is 9.59 Å². The van der Waals surface area contributed by atoms with Gasteiger partial charge in [0.25, 0.3) is 0 Å². The van der Waals surface area contributed by atoms with Crippen molar-refractivity contribution in [1.29, 1.82) is 0 Å². The summed E-state index contributed by atoms with van der Waals surface area (Å²) in [5.74, 6) is 0.349. The summed E-state index contributed by atoms with van der Waals surface area (Å²) in [4.78, 5) is 27.4. The molecule has 1 saturated carbocycles. The molecule has 1 aliphatic heterocycles. The minimum atomic E-state index is -0.919. The van der Waals surface area contributed by atoms with Crippen LogP contribution in [0, 0.1) is 5.41 Å². The second kappa shape index (κ2) is 8.71. The lowest BCUT2D eigenvalue weighted by Gasteiger charge is -2.26. The van der Waals surface area contributed by atoms with Crippen LogP contribution in [0.15, 0.2) is 24.3 Å². The van der Waals surface area contributed by atoms with Crippen molar-refractivity contribution in [3.63, 3.8) is 0 Å². The fourth-order valence-corrected chi connectivity index (χ4v) is 3.14. The Kier molecular flexibility index (Phi) is 6.34. The van der Waals surface area contributed by atoms with Gasteiger partial charge in [-0.1, -0.05) is 0 Å². The molecule has 0 bridgehead atoms. The number of nitrogens with zero attached hydrogens (tertiary/aromatic N) is 1. The highest BCUT2D eigenvalue weighted by Gasteiger charge is 2.56. The van der Waals surface area contributed by atoms with Crippen LogP contribution >= 0.6 is 0 Å². The van der Waals surface area contributed by atoms with Gasteiger partial charge in [-0.3, -0.25) is 14.5 Å². The molecule has 148 valence electrons. The molecule has 7 heteroatoms. The molecule has 1 aromatic carbocycles. The second-order valence-corrected chi connectivity index (χ2v) is 7.44. The van der Waals surface area contributed by atoms with E-state index >= 15 is 0 Å². The van der Waals surface area contributed by atoms with E-state index in [1.165, 1.54) is 0 Å². The van der Waals surface area contributed by atoms with Crippen molar-refractivity contribution in [2.24, 2.45) is 5.41 Å². The molecule has 1 saturated heterocycles. The number of carbonyl (C=O) groups excluding carboxylic acids is 2. The maximum Gasteiger partial charge on any atom is 0.240 e. The van der Waals surface area contributed by atoms with Crippen molar-refractivity contribution in [3.05, 3.63) is 24.3 Å². The summed E-state index contributed by atoms with van der Waals surface area (Å²) in [5.41, 5.74) is -0.249. The Morgan fingerprint density at radius 3 is 2.41 bits per heavy atom. The molecule has 0 unspecified atom stereocenters. The van der Waals surface area contributed by atoms with Crippen LogP contribution < -0.4 is 15.4 Å². The van der Waals surface area contributed by atoms with Crippen LogP contribution in [-0.2, 0) is 14.3 Å². The highest BCUT2D eigenvalue weighted by atomic mass is 16.5. The van der Waals surface area contributed by atoms with Crippen LogP contribution in [-0.4, -0.2) is 62.2 Å². The van der Waals surface area contributed by atoms with Gasteiger partial charge in [-0.25, -0.2) is 0 Å². The third kappa shape index (κ3) is 5.20. The van der Waals surface area contributed by atoms with Gasteiger partial charge in [-0.15, -0.1) is 0 Å². The molecule has 0 aromatic heterocycles. The molecule has 2 N–H and O–H groups in total. The maximum absolute atomic E-state index is 12.6. The third-order valence-corrected chi connectivity index (χ3v) is 4.92. The Bertz CT molecular complexity index is 650. The maximum atomic E-state index is 12.6. The van der Waals surface area contributed by atoms with Crippen LogP contribution in [0.2, 0.25) is 0 Å². The predicted molar refractivity (Wildman–Crippen MR) is 103 cm³/mol. The third-order valence-electron chi connectivity index (χ3n) is 4.92. The van der Waals surface area contributed by atoms with E-state index < -0.39 is 5.41 Å². The average molecular weight is 375 g/mol. The van der Waals surface area contributed by atoms with E-state index in [2.05, 4.69) is 15.5 Å². The van der Waals surface area contributed by atoms with Crippen molar-refractivity contribution in [2.75, 3.05) is 44.7 Å². The van der Waals surface area contributed by atoms with Crippen molar-refractivity contribution in [1.82, 2.24) is 10.2 Å². The first-order valence-electron chi connectivity index (χ1n) is 9.66. The van der Waals surface area contributed by atoms with Crippen LogP contribution in [0.4, 0.5) is 5.69 Å². The Morgan fingerprint density at radius 2 is 1.81 bits per heavy atom. The number of ether oxygens (including phenoxy) is 2. The molecule has 1 heterocycles. The predicted octanol–water partition coefficient (Wildman–Crippen LogP) is 1.64. The summed E-state index contributed by atoms with van der Waals surface area (Å²) in [5, 5.41) is 5.79. The minimum Gasteiger partial charge on any atom is -0.491 e. The lowest BCUT2D eigenvalue weighted by atomic mass is 10.0. The average Bonchev–Trinajstić information content (AvgIpc) is 3.46. The van der Waals surface area contributed by atoms with Crippen LogP contribution in [0.3, 0.4) is 0 Å². The minimum absolute atomic E-state index is 0.0985.